The molecule has 234 valence electrons. The number of benzene rings is 7. The molecule has 0 fully saturated rings. The summed E-state index contributed by atoms with van der Waals surface area (Å²) < 4.78 is 12.6. The van der Waals surface area contributed by atoms with Gasteiger partial charge in [-0.2, -0.15) is 0 Å². The van der Waals surface area contributed by atoms with Gasteiger partial charge >= 0.3 is 0 Å². The van der Waals surface area contributed by atoms with Crippen molar-refractivity contribution in [2.24, 2.45) is 0 Å². The average molecular weight is 642 g/mol. The Balaban J connectivity index is 1.15. The van der Waals surface area contributed by atoms with Crippen molar-refractivity contribution in [2.75, 3.05) is 0 Å². The lowest BCUT2D eigenvalue weighted by Crippen LogP contribution is -2.00. The van der Waals surface area contributed by atoms with Crippen LogP contribution in [0.4, 0.5) is 0 Å². The van der Waals surface area contributed by atoms with Crippen molar-refractivity contribution in [3.8, 4) is 56.4 Å². The normalized spacial score (nSPS) is 11.6. The molecule has 5 nitrogen and oxygen atoms in total. The van der Waals surface area contributed by atoms with E-state index < -0.39 is 0 Å². The number of nitrogens with zero attached hydrogens (tertiary/aromatic N) is 3. The summed E-state index contributed by atoms with van der Waals surface area (Å²) in [6.45, 7) is 0. The molecule has 0 radical (unpaired) electrons. The van der Waals surface area contributed by atoms with Crippen LogP contribution >= 0.6 is 0 Å². The highest BCUT2D eigenvalue weighted by atomic mass is 16.3. The minimum absolute atomic E-state index is 0.571. The number of hydrogen-bond donors (Lipinski definition) is 0. The van der Waals surface area contributed by atoms with E-state index in [1.165, 1.54) is 0 Å². The summed E-state index contributed by atoms with van der Waals surface area (Å²) in [6, 6.07) is 55.8. The highest BCUT2D eigenvalue weighted by Crippen LogP contribution is 2.39. The van der Waals surface area contributed by atoms with Gasteiger partial charge in [0.2, 0.25) is 0 Å². The molecule has 0 amide bonds. The molecule has 0 aliphatic heterocycles. The van der Waals surface area contributed by atoms with Crippen molar-refractivity contribution in [3.05, 3.63) is 164 Å². The van der Waals surface area contributed by atoms with Gasteiger partial charge in [-0.15, -0.1) is 0 Å². The first-order valence-electron chi connectivity index (χ1n) is 16.6. The fraction of sp³-hybridized carbons (Fsp3) is 0. The molecular formula is C45H27N3O2. The van der Waals surface area contributed by atoms with Crippen molar-refractivity contribution >= 4 is 43.9 Å². The number of hydrogen-bond acceptors (Lipinski definition) is 5. The quantitative estimate of drug-likeness (QED) is 0.187. The lowest BCUT2D eigenvalue weighted by molar-refractivity contribution is 0.668. The fourth-order valence-electron chi connectivity index (χ4n) is 6.89. The zero-order valence-corrected chi connectivity index (χ0v) is 26.7. The third-order valence-corrected chi connectivity index (χ3v) is 9.36. The van der Waals surface area contributed by atoms with Crippen LogP contribution in [0.25, 0.3) is 100 Å². The summed E-state index contributed by atoms with van der Waals surface area (Å²) in [7, 11) is 0. The predicted octanol–water partition coefficient (Wildman–Crippen LogP) is 12.0. The third kappa shape index (κ3) is 4.75. The highest BCUT2D eigenvalue weighted by Gasteiger charge is 2.18. The summed E-state index contributed by atoms with van der Waals surface area (Å²) >= 11 is 0. The standard InChI is InChI=1S/C45H27N3O2/c1-3-10-28(11-4-1)29-18-20-31(21-19-29)43-46-44(48-45(47-43)33-22-24-36-35-14-7-8-16-38(35)50-41(36)27-33)32-23-25-39-37(26-32)42-34(15-9-17-40(42)49-39)30-12-5-2-6-13-30/h1-27H. The second kappa shape index (κ2) is 11.4. The van der Waals surface area contributed by atoms with Crippen LogP contribution in [0.3, 0.4) is 0 Å². The summed E-state index contributed by atoms with van der Waals surface area (Å²) in [6.07, 6.45) is 0. The van der Waals surface area contributed by atoms with Gasteiger partial charge in [-0.25, -0.2) is 15.0 Å². The van der Waals surface area contributed by atoms with Crippen molar-refractivity contribution in [3.63, 3.8) is 0 Å². The van der Waals surface area contributed by atoms with Crippen LogP contribution in [0, 0.1) is 0 Å². The maximum Gasteiger partial charge on any atom is 0.164 e. The molecule has 0 N–H and O–H groups in total. The minimum Gasteiger partial charge on any atom is -0.456 e. The molecule has 5 heteroatoms. The van der Waals surface area contributed by atoms with Gasteiger partial charge in [0.1, 0.15) is 22.3 Å². The molecule has 50 heavy (non-hydrogen) atoms. The molecule has 0 aliphatic carbocycles. The topological polar surface area (TPSA) is 65.0 Å². The van der Waals surface area contributed by atoms with Crippen molar-refractivity contribution in [1.29, 1.82) is 0 Å². The first-order valence-corrected chi connectivity index (χ1v) is 16.6. The summed E-state index contributed by atoms with van der Waals surface area (Å²) in [4.78, 5) is 15.2. The zero-order valence-electron chi connectivity index (χ0n) is 26.7. The molecule has 0 saturated carbocycles. The van der Waals surface area contributed by atoms with E-state index >= 15 is 0 Å². The Morgan fingerprint density at radius 3 is 1.60 bits per heavy atom. The number of aromatic nitrogens is 3. The number of rotatable bonds is 5. The molecule has 3 aromatic heterocycles. The van der Waals surface area contributed by atoms with E-state index in [1.54, 1.807) is 0 Å². The molecule has 0 unspecified atom stereocenters. The summed E-state index contributed by atoms with van der Waals surface area (Å²) in [5.41, 5.74) is 10.5. The number of fused-ring (bicyclic) bond motifs is 6. The molecule has 0 spiro atoms. The lowest BCUT2D eigenvalue weighted by atomic mass is 9.99. The largest absolute Gasteiger partial charge is 0.456 e. The third-order valence-electron chi connectivity index (χ3n) is 9.36. The van der Waals surface area contributed by atoms with Crippen LogP contribution in [0.15, 0.2) is 173 Å². The summed E-state index contributed by atoms with van der Waals surface area (Å²) in [5.74, 6) is 1.74. The van der Waals surface area contributed by atoms with Gasteiger partial charge in [0.25, 0.3) is 0 Å². The zero-order chi connectivity index (χ0) is 33.0. The smallest absolute Gasteiger partial charge is 0.164 e. The monoisotopic (exact) mass is 641 g/mol. The molecule has 10 rings (SSSR count). The molecule has 7 aromatic carbocycles. The first kappa shape index (κ1) is 28.2. The number of para-hydroxylation sites is 1. The summed E-state index contributed by atoms with van der Waals surface area (Å²) in [5, 5.41) is 4.22. The van der Waals surface area contributed by atoms with E-state index in [-0.39, 0.29) is 0 Å². The molecule has 10 aromatic rings. The van der Waals surface area contributed by atoms with Gasteiger partial charge in [0.05, 0.1) is 0 Å². The van der Waals surface area contributed by atoms with Crippen molar-refractivity contribution in [2.45, 2.75) is 0 Å². The fourth-order valence-corrected chi connectivity index (χ4v) is 6.89. The Kier molecular flexibility index (Phi) is 6.42. The molecule has 3 heterocycles. The Bertz CT molecular complexity index is 2850. The van der Waals surface area contributed by atoms with E-state index in [1.807, 2.05) is 60.7 Å². The van der Waals surface area contributed by atoms with Gasteiger partial charge in [0, 0.05) is 38.2 Å². The van der Waals surface area contributed by atoms with Gasteiger partial charge in [-0.05, 0) is 64.7 Å². The maximum atomic E-state index is 6.34. The van der Waals surface area contributed by atoms with Gasteiger partial charge < -0.3 is 8.83 Å². The van der Waals surface area contributed by atoms with Crippen molar-refractivity contribution < 1.29 is 8.83 Å². The lowest BCUT2D eigenvalue weighted by Gasteiger charge is -2.09. The van der Waals surface area contributed by atoms with E-state index in [4.69, 9.17) is 23.8 Å². The predicted molar refractivity (Wildman–Crippen MR) is 202 cm³/mol. The van der Waals surface area contributed by atoms with Gasteiger partial charge in [-0.1, -0.05) is 121 Å². The van der Waals surface area contributed by atoms with Crippen LogP contribution in [0.5, 0.6) is 0 Å². The highest BCUT2D eigenvalue weighted by molar-refractivity contribution is 6.13. The van der Waals surface area contributed by atoms with Crippen LogP contribution in [-0.4, -0.2) is 15.0 Å². The Labute approximate surface area is 287 Å². The van der Waals surface area contributed by atoms with Crippen LogP contribution in [-0.2, 0) is 0 Å². The van der Waals surface area contributed by atoms with E-state index in [0.29, 0.717) is 17.5 Å². The minimum atomic E-state index is 0.571. The average Bonchev–Trinajstić information content (AvgIpc) is 3.76. The molecule has 0 aliphatic rings. The maximum absolute atomic E-state index is 6.34. The molecule has 0 atom stereocenters. The molecule has 0 bridgehead atoms. The van der Waals surface area contributed by atoms with Crippen LogP contribution in [0.1, 0.15) is 0 Å². The number of furan rings is 2. The Hall–Kier alpha value is -6.85. The first-order chi connectivity index (χ1) is 24.7. The molecular weight excluding hydrogens is 615 g/mol. The van der Waals surface area contributed by atoms with Crippen LogP contribution in [0.2, 0.25) is 0 Å². The Morgan fingerprint density at radius 2 is 0.820 bits per heavy atom. The van der Waals surface area contributed by atoms with E-state index in [9.17, 15) is 0 Å². The SMILES string of the molecule is c1ccc(-c2ccc(-c3nc(-c4ccc5c(c4)oc4ccccc45)nc(-c4ccc5oc6cccc(-c7ccccc7)c6c5c4)n3)cc2)cc1. The van der Waals surface area contributed by atoms with E-state index in [0.717, 1.165) is 82.8 Å². The second-order valence-electron chi connectivity index (χ2n) is 12.4. The molecule has 0 saturated heterocycles. The Morgan fingerprint density at radius 1 is 0.300 bits per heavy atom. The van der Waals surface area contributed by atoms with Gasteiger partial charge in [0.15, 0.2) is 17.5 Å². The second-order valence-corrected chi connectivity index (χ2v) is 12.4. The van der Waals surface area contributed by atoms with Crippen LogP contribution < -0.4 is 0 Å². The van der Waals surface area contributed by atoms with E-state index in [2.05, 4.69) is 103 Å². The van der Waals surface area contributed by atoms with Gasteiger partial charge in [-0.3, -0.25) is 0 Å². The van der Waals surface area contributed by atoms with Crippen molar-refractivity contribution in [1.82, 2.24) is 15.0 Å².